The lowest BCUT2D eigenvalue weighted by Gasteiger charge is -2.35. The summed E-state index contributed by atoms with van der Waals surface area (Å²) in [4.78, 5) is 22.8. The molecule has 3 rings (SSSR count). The zero-order chi connectivity index (χ0) is 16.9. The van der Waals surface area contributed by atoms with Crippen molar-refractivity contribution >= 4 is 28.6 Å². The Morgan fingerprint density at radius 2 is 2.04 bits per heavy atom. The highest BCUT2D eigenvalue weighted by Crippen LogP contribution is 2.28. The lowest BCUT2D eigenvalue weighted by molar-refractivity contribution is -0.132. The van der Waals surface area contributed by atoms with Gasteiger partial charge in [0.05, 0.1) is 17.0 Å². The van der Waals surface area contributed by atoms with E-state index < -0.39 is 0 Å². The number of carbonyl (C=O) groups excluding carboxylic acids is 1. The van der Waals surface area contributed by atoms with Crippen LogP contribution < -0.4 is 0 Å². The Morgan fingerprint density at radius 1 is 1.25 bits per heavy atom. The second-order valence-electron chi connectivity index (χ2n) is 6.70. The zero-order valence-corrected chi connectivity index (χ0v) is 16.0. The number of piperazine rings is 1. The van der Waals surface area contributed by atoms with Crippen LogP contribution in [0, 0.1) is 5.92 Å². The second-order valence-corrected chi connectivity index (χ2v) is 8.51. The predicted molar refractivity (Wildman–Crippen MR) is 102 cm³/mol. The molecule has 0 N–H and O–H groups in total. The third-order valence-electron chi connectivity index (χ3n) is 4.36. The highest BCUT2D eigenvalue weighted by Gasteiger charge is 2.21. The van der Waals surface area contributed by atoms with Gasteiger partial charge >= 0.3 is 0 Å². The van der Waals surface area contributed by atoms with Crippen LogP contribution in [0.4, 0.5) is 0 Å². The quantitative estimate of drug-likeness (QED) is 0.787. The highest BCUT2D eigenvalue weighted by atomic mass is 32.1. The number of thiophene rings is 1. The molecule has 0 bridgehead atoms. The van der Waals surface area contributed by atoms with Crippen LogP contribution in [0.2, 0.25) is 0 Å². The van der Waals surface area contributed by atoms with Gasteiger partial charge in [-0.3, -0.25) is 9.69 Å². The lowest BCUT2D eigenvalue weighted by Crippen LogP contribution is -2.49. The molecule has 0 unspecified atom stereocenters. The standard InChI is InChI=1S/C18H25N3OS2/c1-14(2)5-6-20-7-9-21(10-8-20)17(22)12-15-13-24-18(19-15)16-4-3-11-23-16/h3-4,11,13-14H,5-10,12H2,1-2H3. The predicted octanol–water partition coefficient (Wildman–Crippen LogP) is 3.60. The van der Waals surface area contributed by atoms with Crippen LogP contribution in [0.1, 0.15) is 26.0 Å². The molecule has 1 amide bonds. The summed E-state index contributed by atoms with van der Waals surface area (Å²) in [6, 6.07) is 4.11. The first-order chi connectivity index (χ1) is 11.6. The molecule has 130 valence electrons. The molecular weight excluding hydrogens is 338 g/mol. The van der Waals surface area contributed by atoms with Crippen molar-refractivity contribution in [3.8, 4) is 9.88 Å². The summed E-state index contributed by atoms with van der Waals surface area (Å²) in [5, 5.41) is 5.10. The van der Waals surface area contributed by atoms with Crippen LogP contribution in [0.25, 0.3) is 9.88 Å². The first kappa shape index (κ1) is 17.6. The van der Waals surface area contributed by atoms with E-state index in [-0.39, 0.29) is 5.91 Å². The minimum absolute atomic E-state index is 0.210. The Hall–Kier alpha value is -1.24. The minimum Gasteiger partial charge on any atom is -0.340 e. The summed E-state index contributed by atoms with van der Waals surface area (Å²) in [5.74, 6) is 0.952. The molecule has 0 spiro atoms. The largest absolute Gasteiger partial charge is 0.340 e. The van der Waals surface area contributed by atoms with Gasteiger partial charge in [0.15, 0.2) is 0 Å². The van der Waals surface area contributed by atoms with Crippen LogP contribution in [-0.2, 0) is 11.2 Å². The molecule has 0 saturated carbocycles. The van der Waals surface area contributed by atoms with Gasteiger partial charge in [-0.05, 0) is 30.3 Å². The van der Waals surface area contributed by atoms with E-state index in [1.54, 1.807) is 22.7 Å². The number of thiazole rings is 1. The molecule has 6 heteroatoms. The molecule has 1 aliphatic heterocycles. The fourth-order valence-electron chi connectivity index (χ4n) is 2.83. The summed E-state index contributed by atoms with van der Waals surface area (Å²) in [6.45, 7) is 9.36. The first-order valence-electron chi connectivity index (χ1n) is 8.60. The molecular formula is C18H25N3OS2. The van der Waals surface area contributed by atoms with Crippen molar-refractivity contribution in [1.29, 1.82) is 0 Å². The fourth-order valence-corrected chi connectivity index (χ4v) is 4.46. The van der Waals surface area contributed by atoms with Crippen molar-refractivity contribution < 1.29 is 4.79 Å². The van der Waals surface area contributed by atoms with Crippen molar-refractivity contribution in [2.75, 3.05) is 32.7 Å². The molecule has 0 atom stereocenters. The maximum atomic E-state index is 12.5. The number of hydrogen-bond donors (Lipinski definition) is 0. The van der Waals surface area contributed by atoms with Crippen molar-refractivity contribution in [3.05, 3.63) is 28.6 Å². The number of aromatic nitrogens is 1. The van der Waals surface area contributed by atoms with Crippen molar-refractivity contribution in [3.63, 3.8) is 0 Å². The van der Waals surface area contributed by atoms with E-state index in [4.69, 9.17) is 0 Å². The zero-order valence-electron chi connectivity index (χ0n) is 14.4. The average Bonchev–Trinajstić information content (AvgIpc) is 3.24. The van der Waals surface area contributed by atoms with Crippen LogP contribution in [0.15, 0.2) is 22.9 Å². The Bertz CT molecular complexity index is 643. The third kappa shape index (κ3) is 4.65. The first-order valence-corrected chi connectivity index (χ1v) is 10.4. The molecule has 24 heavy (non-hydrogen) atoms. The number of amides is 1. The van der Waals surface area contributed by atoms with Gasteiger partial charge in [0.25, 0.3) is 0 Å². The molecule has 2 aromatic rings. The number of nitrogens with zero attached hydrogens (tertiary/aromatic N) is 3. The Balaban J connectivity index is 1.48. The van der Waals surface area contributed by atoms with E-state index in [0.717, 1.165) is 49.3 Å². The summed E-state index contributed by atoms with van der Waals surface area (Å²) in [7, 11) is 0. The smallest absolute Gasteiger partial charge is 0.228 e. The Kier molecular flexibility index (Phi) is 6.03. The molecule has 0 aromatic carbocycles. The molecule has 1 fully saturated rings. The molecule has 1 aliphatic rings. The van der Waals surface area contributed by atoms with E-state index >= 15 is 0 Å². The van der Waals surface area contributed by atoms with E-state index in [9.17, 15) is 4.79 Å². The summed E-state index contributed by atoms with van der Waals surface area (Å²) in [5.41, 5.74) is 0.899. The maximum absolute atomic E-state index is 12.5. The van der Waals surface area contributed by atoms with Crippen LogP contribution in [-0.4, -0.2) is 53.4 Å². The average molecular weight is 364 g/mol. The van der Waals surface area contributed by atoms with Crippen molar-refractivity contribution in [2.45, 2.75) is 26.7 Å². The maximum Gasteiger partial charge on any atom is 0.228 e. The summed E-state index contributed by atoms with van der Waals surface area (Å²) < 4.78 is 0. The highest BCUT2D eigenvalue weighted by molar-refractivity contribution is 7.20. The lowest BCUT2D eigenvalue weighted by atomic mass is 10.1. The second kappa shape index (κ2) is 8.23. The van der Waals surface area contributed by atoms with Gasteiger partial charge in [0.2, 0.25) is 5.91 Å². The number of hydrogen-bond acceptors (Lipinski definition) is 5. The third-order valence-corrected chi connectivity index (χ3v) is 6.29. The topological polar surface area (TPSA) is 36.4 Å². The van der Waals surface area contributed by atoms with Gasteiger partial charge in [-0.25, -0.2) is 4.98 Å². The van der Waals surface area contributed by atoms with Crippen molar-refractivity contribution in [2.24, 2.45) is 5.92 Å². The fraction of sp³-hybridized carbons (Fsp3) is 0.556. The Morgan fingerprint density at radius 3 is 2.71 bits per heavy atom. The van der Waals surface area contributed by atoms with E-state index in [0.29, 0.717) is 6.42 Å². The van der Waals surface area contributed by atoms with Crippen molar-refractivity contribution in [1.82, 2.24) is 14.8 Å². The normalized spacial score (nSPS) is 16.0. The SMILES string of the molecule is CC(C)CCN1CCN(C(=O)Cc2csc(-c3cccs3)n2)CC1. The monoisotopic (exact) mass is 363 g/mol. The van der Waals surface area contributed by atoms with Gasteiger partial charge < -0.3 is 4.90 Å². The number of rotatable bonds is 6. The van der Waals surface area contributed by atoms with E-state index in [1.165, 1.54) is 11.3 Å². The van der Waals surface area contributed by atoms with Gasteiger partial charge in [-0.2, -0.15) is 0 Å². The molecule has 2 aromatic heterocycles. The molecule has 0 radical (unpaired) electrons. The molecule has 1 saturated heterocycles. The number of carbonyl (C=O) groups is 1. The minimum atomic E-state index is 0.210. The van der Waals surface area contributed by atoms with E-state index in [2.05, 4.69) is 35.2 Å². The van der Waals surface area contributed by atoms with E-state index in [1.807, 2.05) is 16.3 Å². The van der Waals surface area contributed by atoms with Crippen LogP contribution in [0.5, 0.6) is 0 Å². The van der Waals surface area contributed by atoms with Gasteiger partial charge in [0, 0.05) is 31.6 Å². The van der Waals surface area contributed by atoms with Crippen LogP contribution >= 0.6 is 22.7 Å². The summed E-state index contributed by atoms with van der Waals surface area (Å²) in [6.07, 6.45) is 1.66. The summed E-state index contributed by atoms with van der Waals surface area (Å²) >= 11 is 3.32. The van der Waals surface area contributed by atoms with Gasteiger partial charge in [-0.15, -0.1) is 22.7 Å². The van der Waals surface area contributed by atoms with Crippen LogP contribution in [0.3, 0.4) is 0 Å². The Labute approximate surface area is 152 Å². The molecule has 0 aliphatic carbocycles. The van der Waals surface area contributed by atoms with Gasteiger partial charge in [-0.1, -0.05) is 19.9 Å². The molecule has 3 heterocycles. The molecule has 4 nitrogen and oxygen atoms in total. The van der Waals surface area contributed by atoms with Gasteiger partial charge in [0.1, 0.15) is 5.01 Å².